The van der Waals surface area contributed by atoms with Crippen LogP contribution in [0, 0.1) is 0 Å². The van der Waals surface area contributed by atoms with Crippen molar-refractivity contribution in [3.8, 4) is 0 Å². The largest absolute Gasteiger partial charge is 0.478 e. The average Bonchev–Trinajstić information content (AvgIpc) is 2.51. The number of cyclic esters (lactones) is 1. The number of aliphatic carboxylic acids is 1. The number of carbonyl (C=O) groups excluding carboxylic acids is 1. The summed E-state index contributed by atoms with van der Waals surface area (Å²) >= 11 is 0. The number of ether oxygens (including phenoxy) is 1. The highest BCUT2D eigenvalue weighted by atomic mass is 16.6. The summed E-state index contributed by atoms with van der Waals surface area (Å²) in [4.78, 5) is 22.9. The van der Waals surface area contributed by atoms with E-state index in [9.17, 15) is 9.59 Å². The molecule has 0 bridgehead atoms. The lowest BCUT2D eigenvalue weighted by Crippen LogP contribution is -2.25. The van der Waals surface area contributed by atoms with E-state index in [1.54, 1.807) is 11.0 Å². The van der Waals surface area contributed by atoms with Gasteiger partial charge < -0.3 is 14.7 Å². The van der Waals surface area contributed by atoms with Gasteiger partial charge >= 0.3 is 12.1 Å². The van der Waals surface area contributed by atoms with Gasteiger partial charge in [0, 0.05) is 12.1 Å². The van der Waals surface area contributed by atoms with Gasteiger partial charge in [0.1, 0.15) is 6.61 Å². The molecular weight excluding hydrogens is 186 g/mol. The molecule has 0 aromatic carbocycles. The van der Waals surface area contributed by atoms with Gasteiger partial charge in [0.2, 0.25) is 0 Å². The van der Waals surface area contributed by atoms with E-state index in [1.165, 1.54) is 6.92 Å². The van der Waals surface area contributed by atoms with E-state index in [-0.39, 0.29) is 6.09 Å². The molecule has 78 valence electrons. The molecule has 1 rings (SSSR count). The highest BCUT2D eigenvalue weighted by Crippen LogP contribution is 2.05. The predicted molar refractivity (Wildman–Crippen MR) is 48.9 cm³/mol. The smallest absolute Gasteiger partial charge is 0.409 e. The van der Waals surface area contributed by atoms with Crippen molar-refractivity contribution in [2.75, 3.05) is 19.7 Å². The monoisotopic (exact) mass is 199 g/mol. The molecule has 0 saturated carbocycles. The van der Waals surface area contributed by atoms with Crippen LogP contribution in [0.4, 0.5) is 4.79 Å². The van der Waals surface area contributed by atoms with Crippen LogP contribution in [-0.2, 0) is 9.53 Å². The van der Waals surface area contributed by atoms with Crippen LogP contribution in [0.2, 0.25) is 0 Å². The Morgan fingerprint density at radius 1 is 1.71 bits per heavy atom. The van der Waals surface area contributed by atoms with Crippen LogP contribution in [0.3, 0.4) is 0 Å². The molecule has 5 nitrogen and oxygen atoms in total. The lowest BCUT2D eigenvalue weighted by atomic mass is 10.2. The third-order valence-electron chi connectivity index (χ3n) is 2.03. The Bertz CT molecular complexity index is 272. The van der Waals surface area contributed by atoms with Gasteiger partial charge in [-0.15, -0.1) is 0 Å². The number of carbonyl (C=O) groups is 2. The molecule has 1 amide bonds. The van der Waals surface area contributed by atoms with Crippen LogP contribution in [0.15, 0.2) is 11.6 Å². The summed E-state index contributed by atoms with van der Waals surface area (Å²) in [6.07, 6.45) is 1.84. The van der Waals surface area contributed by atoms with E-state index in [4.69, 9.17) is 9.84 Å². The number of carboxylic acids is 1. The molecule has 0 unspecified atom stereocenters. The van der Waals surface area contributed by atoms with Crippen molar-refractivity contribution in [1.82, 2.24) is 4.90 Å². The van der Waals surface area contributed by atoms with Gasteiger partial charge in [0.25, 0.3) is 0 Å². The Balaban J connectivity index is 2.30. The molecule has 5 heteroatoms. The summed E-state index contributed by atoms with van der Waals surface area (Å²) in [5, 5.41) is 8.55. The predicted octanol–water partition coefficient (Wildman–Crippen LogP) is 0.860. The number of hydrogen-bond acceptors (Lipinski definition) is 3. The van der Waals surface area contributed by atoms with Crippen molar-refractivity contribution >= 4 is 12.1 Å². The molecule has 0 aromatic heterocycles. The molecule has 1 aliphatic rings. The maximum atomic E-state index is 11.0. The third-order valence-corrected chi connectivity index (χ3v) is 2.03. The minimum atomic E-state index is -0.922. The van der Waals surface area contributed by atoms with E-state index < -0.39 is 5.97 Å². The SMILES string of the molecule is CC(=CCCN1CCOC1=O)C(=O)O. The van der Waals surface area contributed by atoms with Gasteiger partial charge in [-0.1, -0.05) is 6.08 Å². The second kappa shape index (κ2) is 4.64. The highest BCUT2D eigenvalue weighted by molar-refractivity contribution is 5.85. The van der Waals surface area contributed by atoms with E-state index in [1.807, 2.05) is 0 Å². The normalized spacial score (nSPS) is 17.1. The molecule has 1 heterocycles. The van der Waals surface area contributed by atoms with Gasteiger partial charge in [-0.05, 0) is 13.3 Å². The van der Waals surface area contributed by atoms with Crippen molar-refractivity contribution in [3.05, 3.63) is 11.6 Å². The first-order valence-corrected chi connectivity index (χ1v) is 4.43. The summed E-state index contributed by atoms with van der Waals surface area (Å²) in [6.45, 7) is 3.08. The zero-order chi connectivity index (χ0) is 10.6. The maximum absolute atomic E-state index is 11.0. The molecule has 0 radical (unpaired) electrons. The lowest BCUT2D eigenvalue weighted by molar-refractivity contribution is -0.132. The number of carboxylic acid groups (broad SMARTS) is 1. The molecule has 14 heavy (non-hydrogen) atoms. The van der Waals surface area contributed by atoms with Gasteiger partial charge in [-0.3, -0.25) is 0 Å². The highest BCUT2D eigenvalue weighted by Gasteiger charge is 2.20. The van der Waals surface area contributed by atoms with Gasteiger partial charge in [0.15, 0.2) is 0 Å². The number of hydrogen-bond donors (Lipinski definition) is 1. The molecule has 1 saturated heterocycles. The first-order valence-electron chi connectivity index (χ1n) is 4.43. The number of nitrogens with zero attached hydrogens (tertiary/aromatic N) is 1. The number of amides is 1. The van der Waals surface area contributed by atoms with E-state index in [2.05, 4.69) is 0 Å². The zero-order valence-corrected chi connectivity index (χ0v) is 8.02. The van der Waals surface area contributed by atoms with Crippen LogP contribution in [0.25, 0.3) is 0 Å². The van der Waals surface area contributed by atoms with Crippen molar-refractivity contribution in [3.63, 3.8) is 0 Å². The zero-order valence-electron chi connectivity index (χ0n) is 8.02. The van der Waals surface area contributed by atoms with Crippen molar-refractivity contribution in [2.24, 2.45) is 0 Å². The Kier molecular flexibility index (Phi) is 3.50. The summed E-state index contributed by atoms with van der Waals surface area (Å²) < 4.78 is 4.72. The van der Waals surface area contributed by atoms with E-state index in [0.29, 0.717) is 31.7 Å². The van der Waals surface area contributed by atoms with Crippen LogP contribution < -0.4 is 0 Å². The third kappa shape index (κ3) is 2.76. The molecule has 1 aliphatic heterocycles. The summed E-state index contributed by atoms with van der Waals surface area (Å²) in [7, 11) is 0. The van der Waals surface area contributed by atoms with Crippen LogP contribution >= 0.6 is 0 Å². The van der Waals surface area contributed by atoms with Gasteiger partial charge in [0.05, 0.1) is 6.54 Å². The van der Waals surface area contributed by atoms with Gasteiger partial charge in [-0.25, -0.2) is 9.59 Å². The van der Waals surface area contributed by atoms with E-state index in [0.717, 1.165) is 0 Å². The summed E-state index contributed by atoms with van der Waals surface area (Å²) in [6, 6.07) is 0. The van der Waals surface area contributed by atoms with E-state index >= 15 is 0 Å². The Morgan fingerprint density at radius 2 is 2.43 bits per heavy atom. The minimum absolute atomic E-state index is 0.303. The molecule has 0 aromatic rings. The fourth-order valence-electron chi connectivity index (χ4n) is 1.15. The van der Waals surface area contributed by atoms with Crippen molar-refractivity contribution in [1.29, 1.82) is 0 Å². The Labute approximate surface area is 82.0 Å². The summed E-state index contributed by atoms with van der Waals surface area (Å²) in [5.74, 6) is -0.922. The molecule has 0 spiro atoms. The standard InChI is InChI=1S/C9H13NO4/c1-7(8(11)12)3-2-4-10-5-6-14-9(10)13/h3H,2,4-6H2,1H3,(H,11,12). The minimum Gasteiger partial charge on any atom is -0.478 e. The fraction of sp³-hybridized carbons (Fsp3) is 0.556. The second-order valence-electron chi connectivity index (χ2n) is 3.08. The Hall–Kier alpha value is -1.52. The molecule has 1 N–H and O–H groups in total. The number of rotatable bonds is 4. The van der Waals surface area contributed by atoms with Crippen LogP contribution in [0.5, 0.6) is 0 Å². The van der Waals surface area contributed by atoms with Crippen LogP contribution in [0.1, 0.15) is 13.3 Å². The molecule has 0 atom stereocenters. The quantitative estimate of drug-likeness (QED) is 0.682. The molecule has 1 fully saturated rings. The first kappa shape index (κ1) is 10.6. The average molecular weight is 199 g/mol. The second-order valence-corrected chi connectivity index (χ2v) is 3.08. The lowest BCUT2D eigenvalue weighted by Gasteiger charge is -2.09. The summed E-state index contributed by atoms with van der Waals surface area (Å²) in [5.41, 5.74) is 0.303. The first-order chi connectivity index (χ1) is 6.61. The fourth-order valence-corrected chi connectivity index (χ4v) is 1.15. The van der Waals surface area contributed by atoms with Crippen molar-refractivity contribution < 1.29 is 19.4 Å². The maximum Gasteiger partial charge on any atom is 0.409 e. The molecule has 0 aliphatic carbocycles. The van der Waals surface area contributed by atoms with Crippen LogP contribution in [-0.4, -0.2) is 41.8 Å². The molecular formula is C9H13NO4. The Morgan fingerprint density at radius 3 is 2.93 bits per heavy atom. The topological polar surface area (TPSA) is 66.8 Å². The van der Waals surface area contributed by atoms with Gasteiger partial charge in [-0.2, -0.15) is 0 Å². The van der Waals surface area contributed by atoms with Crippen molar-refractivity contribution in [2.45, 2.75) is 13.3 Å².